The van der Waals surface area contributed by atoms with Crippen molar-refractivity contribution in [1.82, 2.24) is 5.32 Å². The summed E-state index contributed by atoms with van der Waals surface area (Å²) in [5.74, 6) is 0. The lowest BCUT2D eigenvalue weighted by atomic mass is 10.1. The van der Waals surface area contributed by atoms with Crippen LogP contribution in [0.5, 0.6) is 0 Å². The summed E-state index contributed by atoms with van der Waals surface area (Å²) in [5, 5.41) is 12.1. The van der Waals surface area contributed by atoms with Gasteiger partial charge in [0.2, 0.25) is 0 Å². The Labute approximate surface area is 90.2 Å². The summed E-state index contributed by atoms with van der Waals surface area (Å²) >= 11 is 0. The standard InChI is InChI=1S/C13H14N2/c14-10-12-5-3-11(4-6-12)7-8-13-2-1-9-15-13/h3-8,13,15H,1-2,9H2/b8-7+. The molecule has 2 heteroatoms. The third-order valence-corrected chi connectivity index (χ3v) is 2.66. The van der Waals surface area contributed by atoms with Crippen molar-refractivity contribution in [3.05, 3.63) is 41.5 Å². The fourth-order valence-corrected chi connectivity index (χ4v) is 1.77. The van der Waals surface area contributed by atoms with E-state index in [1.807, 2.05) is 24.3 Å². The molecule has 1 saturated heterocycles. The molecule has 0 spiro atoms. The molecule has 1 aromatic carbocycles. The van der Waals surface area contributed by atoms with Gasteiger partial charge < -0.3 is 5.32 Å². The Morgan fingerprint density at radius 3 is 2.73 bits per heavy atom. The molecular weight excluding hydrogens is 184 g/mol. The molecule has 1 aromatic rings. The van der Waals surface area contributed by atoms with E-state index >= 15 is 0 Å². The first-order valence-corrected chi connectivity index (χ1v) is 5.30. The maximum absolute atomic E-state index is 8.65. The SMILES string of the molecule is N#Cc1ccc(/C=C/C2CCCN2)cc1. The Balaban J connectivity index is 2.01. The van der Waals surface area contributed by atoms with Gasteiger partial charge in [-0.05, 0) is 37.1 Å². The van der Waals surface area contributed by atoms with E-state index in [1.54, 1.807) is 0 Å². The number of nitrogens with one attached hydrogen (secondary N) is 1. The molecule has 1 fully saturated rings. The zero-order valence-corrected chi connectivity index (χ0v) is 8.61. The summed E-state index contributed by atoms with van der Waals surface area (Å²) in [6, 6.07) is 10.3. The molecule has 1 atom stereocenters. The molecule has 0 aromatic heterocycles. The second kappa shape index (κ2) is 4.77. The largest absolute Gasteiger partial charge is 0.311 e. The molecule has 1 aliphatic rings. The van der Waals surface area contributed by atoms with E-state index in [-0.39, 0.29) is 0 Å². The number of nitriles is 1. The molecule has 0 amide bonds. The monoisotopic (exact) mass is 198 g/mol. The molecule has 1 aliphatic heterocycles. The summed E-state index contributed by atoms with van der Waals surface area (Å²) in [6.45, 7) is 1.13. The Morgan fingerprint density at radius 1 is 1.33 bits per heavy atom. The summed E-state index contributed by atoms with van der Waals surface area (Å²) in [7, 11) is 0. The van der Waals surface area contributed by atoms with Gasteiger partial charge in [-0.3, -0.25) is 0 Å². The smallest absolute Gasteiger partial charge is 0.0991 e. The van der Waals surface area contributed by atoms with Crippen molar-refractivity contribution in [3.8, 4) is 6.07 Å². The fourth-order valence-electron chi connectivity index (χ4n) is 1.77. The Bertz CT molecular complexity index is 378. The Kier molecular flexibility index (Phi) is 3.16. The van der Waals surface area contributed by atoms with Crippen LogP contribution in [0.4, 0.5) is 0 Å². The molecule has 1 N–H and O–H groups in total. The van der Waals surface area contributed by atoms with Crippen molar-refractivity contribution in [1.29, 1.82) is 5.26 Å². The highest BCUT2D eigenvalue weighted by Crippen LogP contribution is 2.10. The zero-order chi connectivity index (χ0) is 10.5. The lowest BCUT2D eigenvalue weighted by molar-refractivity contribution is 0.730. The van der Waals surface area contributed by atoms with Crippen molar-refractivity contribution in [2.24, 2.45) is 0 Å². The van der Waals surface area contributed by atoms with Crippen LogP contribution >= 0.6 is 0 Å². The van der Waals surface area contributed by atoms with Crippen molar-refractivity contribution in [3.63, 3.8) is 0 Å². The van der Waals surface area contributed by atoms with Gasteiger partial charge in [-0.1, -0.05) is 24.3 Å². The zero-order valence-electron chi connectivity index (χ0n) is 8.61. The van der Waals surface area contributed by atoms with E-state index in [9.17, 15) is 0 Å². The normalized spacial score (nSPS) is 20.6. The van der Waals surface area contributed by atoms with E-state index in [0.29, 0.717) is 11.6 Å². The molecule has 1 unspecified atom stereocenters. The van der Waals surface area contributed by atoms with Gasteiger partial charge in [0.05, 0.1) is 11.6 Å². The third-order valence-electron chi connectivity index (χ3n) is 2.66. The average molecular weight is 198 g/mol. The number of hydrogen-bond donors (Lipinski definition) is 1. The number of nitrogens with zero attached hydrogens (tertiary/aromatic N) is 1. The first-order chi connectivity index (χ1) is 7.38. The molecule has 1 heterocycles. The quantitative estimate of drug-likeness (QED) is 0.791. The maximum atomic E-state index is 8.65. The van der Waals surface area contributed by atoms with Crippen LogP contribution in [-0.2, 0) is 0 Å². The number of benzene rings is 1. The summed E-state index contributed by atoms with van der Waals surface area (Å²) in [5.41, 5.74) is 1.87. The van der Waals surface area contributed by atoms with Gasteiger partial charge in [0, 0.05) is 6.04 Å². The van der Waals surface area contributed by atoms with Gasteiger partial charge >= 0.3 is 0 Å². The van der Waals surface area contributed by atoms with Gasteiger partial charge in [0.1, 0.15) is 0 Å². The molecule has 0 bridgehead atoms. The second-order valence-corrected chi connectivity index (χ2v) is 3.80. The minimum atomic E-state index is 0.528. The number of rotatable bonds is 2. The van der Waals surface area contributed by atoms with Gasteiger partial charge in [0.25, 0.3) is 0 Å². The molecule has 2 rings (SSSR count). The highest BCUT2D eigenvalue weighted by Gasteiger charge is 2.09. The first-order valence-electron chi connectivity index (χ1n) is 5.30. The van der Waals surface area contributed by atoms with Crippen molar-refractivity contribution >= 4 is 6.08 Å². The highest BCUT2D eigenvalue weighted by atomic mass is 14.9. The highest BCUT2D eigenvalue weighted by molar-refractivity contribution is 5.51. The van der Waals surface area contributed by atoms with E-state index < -0.39 is 0 Å². The molecule has 76 valence electrons. The van der Waals surface area contributed by atoms with Crippen LogP contribution in [0, 0.1) is 11.3 Å². The van der Waals surface area contributed by atoms with E-state index in [2.05, 4.69) is 23.5 Å². The van der Waals surface area contributed by atoms with Gasteiger partial charge in [0.15, 0.2) is 0 Å². The Morgan fingerprint density at radius 2 is 2.13 bits per heavy atom. The first kappa shape index (κ1) is 9.95. The molecule has 0 radical (unpaired) electrons. The summed E-state index contributed by atoms with van der Waals surface area (Å²) in [4.78, 5) is 0. The molecular formula is C13H14N2. The van der Waals surface area contributed by atoms with Crippen LogP contribution in [0.15, 0.2) is 30.3 Å². The van der Waals surface area contributed by atoms with Crippen LogP contribution in [-0.4, -0.2) is 12.6 Å². The molecule has 15 heavy (non-hydrogen) atoms. The molecule has 0 saturated carbocycles. The van der Waals surface area contributed by atoms with E-state index in [0.717, 1.165) is 12.1 Å². The van der Waals surface area contributed by atoms with Crippen molar-refractivity contribution in [2.45, 2.75) is 18.9 Å². The fraction of sp³-hybridized carbons (Fsp3) is 0.308. The Hall–Kier alpha value is -1.59. The average Bonchev–Trinajstić information content (AvgIpc) is 2.80. The van der Waals surface area contributed by atoms with Crippen LogP contribution in [0.1, 0.15) is 24.0 Å². The van der Waals surface area contributed by atoms with Crippen LogP contribution in [0.25, 0.3) is 6.08 Å². The predicted molar refractivity (Wildman–Crippen MR) is 61.2 cm³/mol. The van der Waals surface area contributed by atoms with Crippen LogP contribution in [0.2, 0.25) is 0 Å². The molecule has 0 aliphatic carbocycles. The van der Waals surface area contributed by atoms with Crippen molar-refractivity contribution < 1.29 is 0 Å². The predicted octanol–water partition coefficient (Wildman–Crippen LogP) is 2.32. The van der Waals surface area contributed by atoms with Crippen LogP contribution < -0.4 is 5.32 Å². The molecule has 2 nitrogen and oxygen atoms in total. The van der Waals surface area contributed by atoms with E-state index in [1.165, 1.54) is 12.8 Å². The van der Waals surface area contributed by atoms with Gasteiger partial charge in [-0.25, -0.2) is 0 Å². The number of hydrogen-bond acceptors (Lipinski definition) is 2. The second-order valence-electron chi connectivity index (χ2n) is 3.80. The van der Waals surface area contributed by atoms with Gasteiger partial charge in [-0.2, -0.15) is 5.26 Å². The van der Waals surface area contributed by atoms with Crippen LogP contribution in [0.3, 0.4) is 0 Å². The summed E-state index contributed by atoms with van der Waals surface area (Å²) < 4.78 is 0. The van der Waals surface area contributed by atoms with E-state index in [4.69, 9.17) is 5.26 Å². The topological polar surface area (TPSA) is 35.8 Å². The minimum Gasteiger partial charge on any atom is -0.311 e. The maximum Gasteiger partial charge on any atom is 0.0991 e. The van der Waals surface area contributed by atoms with Crippen molar-refractivity contribution in [2.75, 3.05) is 6.54 Å². The summed E-state index contributed by atoms with van der Waals surface area (Å²) in [6.07, 6.45) is 6.81. The lowest BCUT2D eigenvalue weighted by Gasteiger charge is -2.01. The van der Waals surface area contributed by atoms with Gasteiger partial charge in [-0.15, -0.1) is 0 Å². The minimum absolute atomic E-state index is 0.528. The lowest BCUT2D eigenvalue weighted by Crippen LogP contribution is -2.17. The third kappa shape index (κ3) is 2.68.